The van der Waals surface area contributed by atoms with Gasteiger partial charge in [0.25, 0.3) is 0 Å². The Morgan fingerprint density at radius 2 is 2.10 bits per heavy atom. The minimum Gasteiger partial charge on any atom is -0.326 e. The predicted octanol–water partition coefficient (Wildman–Crippen LogP) is 2.10. The van der Waals surface area contributed by atoms with Crippen LogP contribution in [0.25, 0.3) is 0 Å². The summed E-state index contributed by atoms with van der Waals surface area (Å²) in [5.41, 5.74) is 6.04. The van der Waals surface area contributed by atoms with E-state index in [1.165, 1.54) is 22.5 Å². The molecule has 0 aliphatic carbocycles. The van der Waals surface area contributed by atoms with Crippen molar-refractivity contribution in [3.8, 4) is 0 Å². The zero-order valence-electron chi connectivity index (χ0n) is 11.9. The summed E-state index contributed by atoms with van der Waals surface area (Å²) in [6, 6.07) is 4.02. The molecule has 1 aliphatic rings. The molecular weight excluding hydrogens is 279 g/mol. The summed E-state index contributed by atoms with van der Waals surface area (Å²) in [5.74, 6) is -0.717. The number of rotatable bonds is 3. The second kappa shape index (κ2) is 5.42. The van der Waals surface area contributed by atoms with Gasteiger partial charge in [0.15, 0.2) is 0 Å². The second-order valence-corrected chi connectivity index (χ2v) is 7.98. The van der Waals surface area contributed by atoms with E-state index in [9.17, 15) is 12.8 Å². The first-order chi connectivity index (χ1) is 9.26. The normalized spacial score (nSPS) is 20.0. The van der Waals surface area contributed by atoms with Gasteiger partial charge in [-0.3, -0.25) is 0 Å². The first-order valence-electron chi connectivity index (χ1n) is 6.75. The number of sulfonamides is 1. The first-order valence-corrected chi connectivity index (χ1v) is 8.19. The van der Waals surface area contributed by atoms with Gasteiger partial charge in [0.05, 0.1) is 0 Å². The van der Waals surface area contributed by atoms with E-state index in [0.29, 0.717) is 18.7 Å². The van der Waals surface area contributed by atoms with Crippen LogP contribution in [0, 0.1) is 11.2 Å². The highest BCUT2D eigenvalue weighted by atomic mass is 32.2. The highest BCUT2D eigenvalue weighted by Crippen LogP contribution is 2.32. The highest BCUT2D eigenvalue weighted by Gasteiger charge is 2.35. The van der Waals surface area contributed by atoms with Gasteiger partial charge < -0.3 is 5.73 Å². The van der Waals surface area contributed by atoms with Crippen molar-refractivity contribution in [1.82, 2.24) is 4.31 Å². The molecule has 2 rings (SSSR count). The van der Waals surface area contributed by atoms with Crippen molar-refractivity contribution in [3.05, 3.63) is 29.6 Å². The van der Waals surface area contributed by atoms with Crippen LogP contribution in [0.15, 0.2) is 23.1 Å². The molecular formula is C14H21FN2O2S. The minimum atomic E-state index is -3.79. The van der Waals surface area contributed by atoms with Crippen molar-refractivity contribution in [1.29, 1.82) is 0 Å². The molecule has 0 spiro atoms. The van der Waals surface area contributed by atoms with Crippen molar-refractivity contribution >= 4 is 10.0 Å². The van der Waals surface area contributed by atoms with Crippen LogP contribution in [-0.4, -0.2) is 25.8 Å². The molecule has 1 heterocycles. The average molecular weight is 300 g/mol. The molecule has 0 amide bonds. The van der Waals surface area contributed by atoms with E-state index >= 15 is 0 Å². The van der Waals surface area contributed by atoms with Gasteiger partial charge in [-0.1, -0.05) is 19.9 Å². The molecule has 0 saturated carbocycles. The Bertz CT molecular complexity index is 599. The molecule has 1 aromatic carbocycles. The molecule has 4 nitrogen and oxygen atoms in total. The third-order valence-corrected chi connectivity index (χ3v) is 5.57. The number of hydrogen-bond donors (Lipinski definition) is 1. The number of piperidine rings is 1. The van der Waals surface area contributed by atoms with E-state index < -0.39 is 15.8 Å². The average Bonchev–Trinajstić information content (AvgIpc) is 2.38. The molecule has 1 saturated heterocycles. The monoisotopic (exact) mass is 300 g/mol. The summed E-state index contributed by atoms with van der Waals surface area (Å²) >= 11 is 0. The standard InChI is InChI=1S/C14H21FN2O2S/c1-14(2)6-3-7-17(10-14)20(18,19)13-8-11(9-16)4-5-12(13)15/h4-5,8H,3,6-7,9-10,16H2,1-2H3. The molecule has 1 fully saturated rings. The first kappa shape index (κ1) is 15.4. The molecule has 1 aromatic rings. The fourth-order valence-corrected chi connectivity index (χ4v) is 4.37. The van der Waals surface area contributed by atoms with Gasteiger partial charge in [-0.05, 0) is 36.0 Å². The lowest BCUT2D eigenvalue weighted by Gasteiger charge is -2.37. The molecule has 112 valence electrons. The third-order valence-electron chi connectivity index (χ3n) is 3.71. The highest BCUT2D eigenvalue weighted by molar-refractivity contribution is 7.89. The quantitative estimate of drug-likeness (QED) is 0.929. The molecule has 0 bridgehead atoms. The Hall–Kier alpha value is -0.980. The smallest absolute Gasteiger partial charge is 0.246 e. The van der Waals surface area contributed by atoms with Crippen molar-refractivity contribution in [3.63, 3.8) is 0 Å². The van der Waals surface area contributed by atoms with E-state index in [4.69, 9.17) is 5.73 Å². The molecule has 0 radical (unpaired) electrons. The van der Waals surface area contributed by atoms with E-state index in [-0.39, 0.29) is 16.9 Å². The van der Waals surface area contributed by atoms with E-state index in [1.807, 2.05) is 13.8 Å². The maximum atomic E-state index is 13.9. The number of nitrogens with two attached hydrogens (primary N) is 1. The van der Waals surface area contributed by atoms with E-state index in [0.717, 1.165) is 12.8 Å². The lowest BCUT2D eigenvalue weighted by molar-refractivity contribution is 0.186. The SMILES string of the molecule is CC1(C)CCCN(S(=O)(=O)c2cc(CN)ccc2F)C1. The van der Waals surface area contributed by atoms with E-state index in [1.54, 1.807) is 0 Å². The summed E-state index contributed by atoms with van der Waals surface area (Å²) in [6.45, 7) is 5.11. The van der Waals surface area contributed by atoms with Crippen LogP contribution in [0.4, 0.5) is 4.39 Å². The van der Waals surface area contributed by atoms with Crippen molar-refractivity contribution < 1.29 is 12.8 Å². The van der Waals surface area contributed by atoms with Gasteiger partial charge in [-0.2, -0.15) is 4.31 Å². The molecule has 20 heavy (non-hydrogen) atoms. The van der Waals surface area contributed by atoms with Crippen LogP contribution in [0.5, 0.6) is 0 Å². The summed E-state index contributed by atoms with van der Waals surface area (Å²) in [4.78, 5) is -0.266. The largest absolute Gasteiger partial charge is 0.326 e. The number of hydrogen-bond acceptors (Lipinski definition) is 3. The molecule has 0 aromatic heterocycles. The maximum Gasteiger partial charge on any atom is 0.246 e. The van der Waals surface area contributed by atoms with Crippen LogP contribution < -0.4 is 5.73 Å². The third kappa shape index (κ3) is 3.02. The summed E-state index contributed by atoms with van der Waals surface area (Å²) in [7, 11) is -3.79. The van der Waals surface area contributed by atoms with Gasteiger partial charge in [-0.15, -0.1) is 0 Å². The number of nitrogens with zero attached hydrogens (tertiary/aromatic N) is 1. The van der Waals surface area contributed by atoms with Gasteiger partial charge in [0.2, 0.25) is 10.0 Å². The Kier molecular flexibility index (Phi) is 4.18. The molecule has 1 aliphatic heterocycles. The molecule has 6 heteroatoms. The fourth-order valence-electron chi connectivity index (χ4n) is 2.59. The van der Waals surface area contributed by atoms with Crippen LogP contribution in [0.3, 0.4) is 0 Å². The molecule has 2 N–H and O–H groups in total. The van der Waals surface area contributed by atoms with Gasteiger partial charge in [0.1, 0.15) is 10.7 Å². The zero-order valence-corrected chi connectivity index (χ0v) is 12.7. The van der Waals surface area contributed by atoms with Crippen LogP contribution in [-0.2, 0) is 16.6 Å². The number of halogens is 1. The summed E-state index contributed by atoms with van der Waals surface area (Å²) in [5, 5.41) is 0. The van der Waals surface area contributed by atoms with Crippen molar-refractivity contribution in [2.75, 3.05) is 13.1 Å². The predicted molar refractivity (Wildman–Crippen MR) is 76.1 cm³/mol. The number of benzene rings is 1. The van der Waals surface area contributed by atoms with Crippen LogP contribution in [0.2, 0.25) is 0 Å². The van der Waals surface area contributed by atoms with Crippen LogP contribution >= 0.6 is 0 Å². The zero-order chi connectivity index (χ0) is 15.0. The van der Waals surface area contributed by atoms with Crippen LogP contribution in [0.1, 0.15) is 32.3 Å². The lowest BCUT2D eigenvalue weighted by Crippen LogP contribution is -2.43. The van der Waals surface area contributed by atoms with Gasteiger partial charge in [0, 0.05) is 19.6 Å². The van der Waals surface area contributed by atoms with Gasteiger partial charge >= 0.3 is 0 Å². The van der Waals surface area contributed by atoms with Crippen molar-refractivity contribution in [2.45, 2.75) is 38.1 Å². The topological polar surface area (TPSA) is 63.4 Å². The summed E-state index contributed by atoms with van der Waals surface area (Å²) in [6.07, 6.45) is 1.77. The lowest BCUT2D eigenvalue weighted by atomic mass is 9.85. The van der Waals surface area contributed by atoms with Crippen molar-refractivity contribution in [2.24, 2.45) is 11.1 Å². The second-order valence-electron chi connectivity index (χ2n) is 6.08. The Morgan fingerprint density at radius 1 is 1.40 bits per heavy atom. The Labute approximate surface area is 119 Å². The molecule has 0 unspecified atom stereocenters. The molecule has 0 atom stereocenters. The Morgan fingerprint density at radius 3 is 2.70 bits per heavy atom. The van der Waals surface area contributed by atoms with Gasteiger partial charge in [-0.25, -0.2) is 12.8 Å². The Balaban J connectivity index is 2.40. The fraction of sp³-hybridized carbons (Fsp3) is 0.571. The summed E-state index contributed by atoms with van der Waals surface area (Å²) < 4.78 is 40.5. The maximum absolute atomic E-state index is 13.9. The minimum absolute atomic E-state index is 0.0761. The van der Waals surface area contributed by atoms with E-state index in [2.05, 4.69) is 0 Å².